The Morgan fingerprint density at radius 3 is 0.868 bits per heavy atom. The summed E-state index contributed by atoms with van der Waals surface area (Å²) in [5.41, 5.74) is 11.6. The van der Waals surface area contributed by atoms with Crippen LogP contribution in [0, 0.1) is 42.0 Å². The number of para-hydroxylation sites is 6. The maximum Gasteiger partial charge on any atom is 0.0625 e. The normalized spacial score (nSPS) is 12.1. The second kappa shape index (κ2) is 14.2. The molecule has 14 aromatic rings. The van der Waals surface area contributed by atoms with Crippen LogP contribution >= 0.6 is 0 Å². The van der Waals surface area contributed by atoms with E-state index in [0.29, 0.717) is 0 Å². The fourth-order valence-corrected chi connectivity index (χ4v) is 11.8. The first kappa shape index (κ1) is 37.1. The molecular formula is C64H40N4. The fraction of sp³-hybridized carbons (Fsp3) is 0. The average Bonchev–Trinajstić information content (AvgIpc) is 4.12. The Morgan fingerprint density at radius 1 is 0.191 bits per heavy atom. The van der Waals surface area contributed by atoms with Crippen molar-refractivity contribution in [2.75, 3.05) is 0 Å². The Labute approximate surface area is 389 Å². The van der Waals surface area contributed by atoms with E-state index in [1.807, 2.05) is 0 Å². The highest BCUT2D eigenvalue weighted by atomic mass is 15.0. The van der Waals surface area contributed by atoms with Crippen LogP contribution in [0.5, 0.6) is 0 Å². The van der Waals surface area contributed by atoms with Crippen molar-refractivity contribution in [1.82, 2.24) is 18.3 Å². The van der Waals surface area contributed by atoms with Gasteiger partial charge in [0.05, 0.1) is 43.8 Å². The summed E-state index contributed by atoms with van der Waals surface area (Å²) in [5.74, 6) is 0. The Hall–Kier alpha value is -9.12. The Balaban J connectivity index is 1.27. The molecule has 0 fully saturated rings. The molecule has 0 atom stereocenters. The van der Waals surface area contributed by atoms with E-state index >= 15 is 0 Å². The number of nitrogens with zero attached hydrogens (tertiary/aromatic N) is 4. The Bertz CT molecular complexity index is 4510. The van der Waals surface area contributed by atoms with Gasteiger partial charge in [-0.25, -0.2) is 0 Å². The largest absolute Gasteiger partial charge is 0.309 e. The van der Waals surface area contributed by atoms with Gasteiger partial charge in [-0.05, 0) is 95.4 Å². The van der Waals surface area contributed by atoms with Gasteiger partial charge < -0.3 is 18.3 Å². The first-order valence-electron chi connectivity index (χ1n) is 23.4. The summed E-state index contributed by atoms with van der Waals surface area (Å²) in [6, 6.07) is 89.5. The Kier molecular flexibility index (Phi) is 7.75. The van der Waals surface area contributed by atoms with Crippen LogP contribution in [0.2, 0.25) is 0 Å². The first-order chi connectivity index (χ1) is 33.8. The highest BCUT2D eigenvalue weighted by Gasteiger charge is 2.22. The van der Waals surface area contributed by atoms with Crippen LogP contribution in [0.3, 0.4) is 0 Å². The molecular weight excluding hydrogens is 825 g/mol. The van der Waals surface area contributed by atoms with Gasteiger partial charge >= 0.3 is 0 Å². The maximum atomic E-state index is 2.54. The minimum atomic E-state index is 1.12. The van der Waals surface area contributed by atoms with Gasteiger partial charge in [-0.3, -0.25) is 0 Å². The molecule has 1 aliphatic carbocycles. The van der Waals surface area contributed by atoms with E-state index < -0.39 is 0 Å². The average molecular weight is 865 g/mol. The molecule has 10 aromatic carbocycles. The molecule has 0 saturated heterocycles. The van der Waals surface area contributed by atoms with Gasteiger partial charge in [0.15, 0.2) is 0 Å². The lowest BCUT2D eigenvalue weighted by molar-refractivity contribution is 1.04. The van der Waals surface area contributed by atoms with Crippen molar-refractivity contribution in [1.29, 1.82) is 0 Å². The molecule has 0 saturated carbocycles. The van der Waals surface area contributed by atoms with Gasteiger partial charge in [0.1, 0.15) is 0 Å². The first-order valence-corrected chi connectivity index (χ1v) is 23.4. The van der Waals surface area contributed by atoms with E-state index in [1.165, 1.54) is 96.4 Å². The third kappa shape index (κ3) is 5.09. The van der Waals surface area contributed by atoms with Gasteiger partial charge in [0, 0.05) is 75.9 Å². The molecule has 0 spiro atoms. The lowest BCUT2D eigenvalue weighted by Gasteiger charge is -2.10. The zero-order valence-electron chi connectivity index (χ0n) is 36.9. The van der Waals surface area contributed by atoms with Crippen LogP contribution in [-0.4, -0.2) is 18.3 Å². The molecule has 0 N–H and O–H groups in total. The topological polar surface area (TPSA) is 19.7 Å². The molecule has 0 bridgehead atoms. The molecule has 4 aromatic heterocycles. The van der Waals surface area contributed by atoms with E-state index in [-0.39, 0.29) is 0 Å². The summed E-state index contributed by atoms with van der Waals surface area (Å²) >= 11 is 0. The zero-order valence-corrected chi connectivity index (χ0v) is 36.9. The van der Waals surface area contributed by atoms with Crippen molar-refractivity contribution in [2.24, 2.45) is 0 Å². The second-order valence-electron chi connectivity index (χ2n) is 18.0. The molecule has 4 heteroatoms. The van der Waals surface area contributed by atoms with Crippen LogP contribution in [0.25, 0.3) is 88.2 Å². The maximum absolute atomic E-state index is 2.54. The van der Waals surface area contributed by atoms with Crippen LogP contribution in [0.4, 0.5) is 0 Å². The monoisotopic (exact) mass is 864 g/mol. The van der Waals surface area contributed by atoms with Crippen LogP contribution in [-0.2, 0) is 0 Å². The van der Waals surface area contributed by atoms with Crippen molar-refractivity contribution in [3.8, 4) is 22.7 Å². The lowest BCUT2D eigenvalue weighted by atomic mass is 10.0. The van der Waals surface area contributed by atoms with E-state index in [1.54, 1.807) is 0 Å². The lowest BCUT2D eigenvalue weighted by Crippen LogP contribution is -1.99. The van der Waals surface area contributed by atoms with Crippen LogP contribution < -0.4 is 0 Å². The molecule has 4 nitrogen and oxygen atoms in total. The molecule has 0 amide bonds. The number of rotatable bonds is 4. The minimum Gasteiger partial charge on any atom is -0.309 e. The van der Waals surface area contributed by atoms with E-state index in [9.17, 15) is 0 Å². The number of hydrogen-bond donors (Lipinski definition) is 0. The van der Waals surface area contributed by atoms with Gasteiger partial charge in [-0.2, -0.15) is 0 Å². The van der Waals surface area contributed by atoms with Crippen molar-refractivity contribution in [3.63, 3.8) is 0 Å². The summed E-state index contributed by atoms with van der Waals surface area (Å²) in [6.45, 7) is 0. The molecule has 1 aliphatic rings. The number of hydrogen-bond acceptors (Lipinski definition) is 0. The van der Waals surface area contributed by atoms with Crippen LogP contribution in [0.1, 0.15) is 0 Å². The smallest absolute Gasteiger partial charge is 0.0625 e. The van der Waals surface area contributed by atoms with E-state index in [0.717, 1.165) is 33.8 Å². The highest BCUT2D eigenvalue weighted by Crippen LogP contribution is 2.40. The predicted molar refractivity (Wildman–Crippen MR) is 279 cm³/mol. The Morgan fingerprint density at radius 2 is 0.485 bits per heavy atom. The summed E-state index contributed by atoms with van der Waals surface area (Å²) in [7, 11) is 0. The van der Waals surface area contributed by atoms with Crippen molar-refractivity contribution in [3.05, 3.63) is 285 Å². The van der Waals surface area contributed by atoms with Gasteiger partial charge in [-0.15, -0.1) is 0 Å². The molecule has 4 heterocycles. The van der Waals surface area contributed by atoms with Crippen molar-refractivity contribution >= 4 is 65.4 Å². The van der Waals surface area contributed by atoms with Gasteiger partial charge in [0.2, 0.25) is 0 Å². The van der Waals surface area contributed by atoms with Gasteiger partial charge in [0.25, 0.3) is 0 Å². The molecule has 15 rings (SSSR count). The molecule has 316 valence electrons. The number of benzene rings is 10. The molecule has 0 aliphatic heterocycles. The minimum absolute atomic E-state index is 1.12. The molecule has 0 radical (unpaired) electrons. The summed E-state index contributed by atoms with van der Waals surface area (Å²) in [5, 5.41) is 17.0. The van der Waals surface area contributed by atoms with Crippen LogP contribution in [0.15, 0.2) is 243 Å². The fourth-order valence-electron chi connectivity index (χ4n) is 11.8. The van der Waals surface area contributed by atoms with Crippen molar-refractivity contribution in [2.45, 2.75) is 0 Å². The SMILES string of the molecule is c1ccc(-n2c3c(c4cc5c6ccccc6n(-c6ccccc6)c5cc42)=c2ccccc2=c2c(c4cc5c6ccccc6n(-c6ccccc6)c5cc4n2-c2ccccc2)=c2ccccc2=3)cc1. The third-order valence-electron chi connectivity index (χ3n) is 14.5. The molecule has 68 heavy (non-hydrogen) atoms. The van der Waals surface area contributed by atoms with E-state index in [4.69, 9.17) is 0 Å². The quantitative estimate of drug-likeness (QED) is 0.168. The zero-order chi connectivity index (χ0) is 44.5. The number of fused-ring (bicyclic) bond motifs is 14. The number of aromatic nitrogens is 4. The van der Waals surface area contributed by atoms with Gasteiger partial charge in [-0.1, -0.05) is 158 Å². The summed E-state index contributed by atoms with van der Waals surface area (Å²) < 4.78 is 9.96. The van der Waals surface area contributed by atoms with Crippen molar-refractivity contribution < 1.29 is 0 Å². The molecule has 0 unspecified atom stereocenters. The highest BCUT2D eigenvalue weighted by molar-refractivity contribution is 6.15. The predicted octanol–water partition coefficient (Wildman–Crippen LogP) is 15.2. The second-order valence-corrected chi connectivity index (χ2v) is 18.0. The standard InChI is InChI=1S/C64H40N4/c1-5-21-41(22-6-1)65-55-35-19-17-29-45(55)51-37-53-59(39-57(51)65)67(43-25-9-3-10-26-43)63-49-33-15-14-32-48(49)62-54-38-52-46-30-18-20-36-56(46)66(42-23-7-2-8-24-42)58(52)40-60(54)68(44-27-11-4-12-28-44)64(62)50-34-16-13-31-47(50)61(53)63/h1-40H. The van der Waals surface area contributed by atoms with E-state index in [2.05, 4.69) is 261 Å². The summed E-state index contributed by atoms with van der Waals surface area (Å²) in [6.07, 6.45) is 0. The summed E-state index contributed by atoms with van der Waals surface area (Å²) in [4.78, 5) is 0. The third-order valence-corrected chi connectivity index (χ3v) is 14.5.